The van der Waals surface area contributed by atoms with Crippen LogP contribution in [0.5, 0.6) is 0 Å². The van der Waals surface area contributed by atoms with Gasteiger partial charge in [0.05, 0.1) is 12.0 Å². The molecule has 9 heteroatoms. The van der Waals surface area contributed by atoms with Gasteiger partial charge in [-0.15, -0.1) is 24.0 Å². The summed E-state index contributed by atoms with van der Waals surface area (Å²) in [5.74, 6) is 2.02. The smallest absolute Gasteiger partial charge is 0.230 e. The molecule has 1 atom stereocenters. The molecule has 1 aliphatic heterocycles. The molecule has 2 N–H and O–H groups in total. The van der Waals surface area contributed by atoms with Crippen molar-refractivity contribution in [2.24, 2.45) is 10.4 Å². The molecular weight excluding hydrogens is 445 g/mol. The molecule has 2 heterocycles. The van der Waals surface area contributed by atoms with Crippen LogP contribution in [-0.4, -0.2) is 65.3 Å². The predicted molar refractivity (Wildman–Crippen MR) is 112 cm³/mol. The van der Waals surface area contributed by atoms with E-state index in [0.29, 0.717) is 6.54 Å². The Morgan fingerprint density at radius 3 is 2.81 bits per heavy atom. The number of guanidine groups is 1. The third kappa shape index (κ3) is 4.47. The molecule has 1 aromatic rings. The highest BCUT2D eigenvalue weighted by Gasteiger charge is 2.42. The first kappa shape index (κ1) is 20.9. The monoisotopic (exact) mass is 475 g/mol. The number of nitrogens with zero attached hydrogens (tertiary/aromatic N) is 5. The first-order valence-electron chi connectivity index (χ1n) is 9.10. The van der Waals surface area contributed by atoms with Crippen molar-refractivity contribution in [1.82, 2.24) is 30.3 Å². The second-order valence-corrected chi connectivity index (χ2v) is 7.35. The molecule has 1 unspecified atom stereocenters. The Morgan fingerprint density at radius 2 is 2.15 bits per heavy atom. The summed E-state index contributed by atoms with van der Waals surface area (Å²) < 4.78 is 1.95. The topological polar surface area (TPSA) is 87.4 Å². The van der Waals surface area contributed by atoms with E-state index in [-0.39, 0.29) is 41.3 Å². The van der Waals surface area contributed by atoms with Gasteiger partial charge in [-0.05, 0) is 19.3 Å². The molecule has 1 fully saturated rings. The minimum Gasteiger partial charge on any atom is -0.355 e. The van der Waals surface area contributed by atoms with Crippen molar-refractivity contribution < 1.29 is 4.79 Å². The van der Waals surface area contributed by atoms with Gasteiger partial charge in [-0.25, -0.2) is 9.67 Å². The van der Waals surface area contributed by atoms with Crippen molar-refractivity contribution in [3.8, 4) is 0 Å². The van der Waals surface area contributed by atoms with Gasteiger partial charge in [0.15, 0.2) is 5.96 Å². The van der Waals surface area contributed by atoms with Crippen LogP contribution in [-0.2, 0) is 17.8 Å². The van der Waals surface area contributed by atoms with Crippen LogP contribution in [0.25, 0.3) is 0 Å². The Morgan fingerprint density at radius 1 is 1.42 bits per heavy atom. The fourth-order valence-electron chi connectivity index (χ4n) is 3.99. The van der Waals surface area contributed by atoms with Crippen LogP contribution < -0.4 is 10.6 Å². The highest BCUT2D eigenvalue weighted by molar-refractivity contribution is 14.0. The van der Waals surface area contributed by atoms with E-state index in [1.54, 1.807) is 18.3 Å². The molecule has 3 rings (SSSR count). The zero-order valence-corrected chi connectivity index (χ0v) is 18.2. The maximum atomic E-state index is 12.7. The van der Waals surface area contributed by atoms with Crippen molar-refractivity contribution in [1.29, 1.82) is 0 Å². The normalized spacial score (nSPS) is 21.5. The minimum atomic E-state index is -0.299. The van der Waals surface area contributed by atoms with Crippen LogP contribution in [0.1, 0.15) is 37.9 Å². The van der Waals surface area contributed by atoms with Gasteiger partial charge in [-0.2, -0.15) is 5.10 Å². The third-order valence-corrected chi connectivity index (χ3v) is 5.38. The first-order valence-corrected chi connectivity index (χ1v) is 9.10. The molecule has 26 heavy (non-hydrogen) atoms. The summed E-state index contributed by atoms with van der Waals surface area (Å²) in [6.07, 6.45) is 7.65. The van der Waals surface area contributed by atoms with E-state index >= 15 is 0 Å². The van der Waals surface area contributed by atoms with Gasteiger partial charge < -0.3 is 15.5 Å². The van der Waals surface area contributed by atoms with E-state index in [4.69, 9.17) is 0 Å². The van der Waals surface area contributed by atoms with E-state index in [9.17, 15) is 4.79 Å². The Bertz CT molecular complexity index is 637. The van der Waals surface area contributed by atoms with Gasteiger partial charge in [-0.3, -0.25) is 9.79 Å². The molecule has 2 aliphatic rings. The summed E-state index contributed by atoms with van der Waals surface area (Å²) in [6.45, 7) is 1.42. The number of nitrogens with one attached hydrogen (secondary N) is 2. The molecule has 0 radical (unpaired) electrons. The van der Waals surface area contributed by atoms with Gasteiger partial charge in [0.25, 0.3) is 0 Å². The highest BCUT2D eigenvalue weighted by Crippen LogP contribution is 2.38. The van der Waals surface area contributed by atoms with E-state index in [2.05, 4.69) is 25.7 Å². The Hall–Kier alpha value is -1.39. The molecule has 0 bridgehead atoms. The molecule has 1 amide bonds. The highest BCUT2D eigenvalue weighted by atomic mass is 127. The maximum Gasteiger partial charge on any atom is 0.230 e. The molecule has 0 saturated heterocycles. The van der Waals surface area contributed by atoms with Crippen LogP contribution in [0.15, 0.2) is 11.3 Å². The number of aliphatic imine (C=N–C) groups is 1. The van der Waals surface area contributed by atoms with E-state index in [1.807, 2.05) is 18.8 Å². The lowest BCUT2D eigenvalue weighted by Gasteiger charge is -2.32. The summed E-state index contributed by atoms with van der Waals surface area (Å²) in [5, 5.41) is 11.1. The lowest BCUT2D eigenvalue weighted by Crippen LogP contribution is -2.52. The van der Waals surface area contributed by atoms with Crippen molar-refractivity contribution in [3.63, 3.8) is 0 Å². The van der Waals surface area contributed by atoms with Crippen LogP contribution in [0.3, 0.4) is 0 Å². The average molecular weight is 475 g/mol. The number of hydrogen-bond donors (Lipinski definition) is 2. The molecule has 1 aliphatic carbocycles. The maximum absolute atomic E-state index is 12.7. The molecule has 8 nitrogen and oxygen atoms in total. The third-order valence-electron chi connectivity index (χ3n) is 5.38. The van der Waals surface area contributed by atoms with Crippen molar-refractivity contribution in [2.75, 3.05) is 27.7 Å². The molecule has 0 spiro atoms. The number of fused-ring (bicyclic) bond motifs is 1. The lowest BCUT2D eigenvalue weighted by molar-refractivity contribution is -0.138. The van der Waals surface area contributed by atoms with Crippen molar-refractivity contribution in [3.05, 3.63) is 12.2 Å². The molecule has 1 aromatic heterocycles. The van der Waals surface area contributed by atoms with E-state index < -0.39 is 0 Å². The molecular formula is C17H30IN7O. The van der Waals surface area contributed by atoms with Gasteiger partial charge in [-0.1, -0.05) is 12.8 Å². The summed E-state index contributed by atoms with van der Waals surface area (Å²) in [5.41, 5.74) is -0.299. The summed E-state index contributed by atoms with van der Waals surface area (Å²) in [6, 6.07) is 0.268. The number of rotatable bonds is 4. The Balaban J connectivity index is 0.00000243. The van der Waals surface area contributed by atoms with Gasteiger partial charge in [0.2, 0.25) is 5.91 Å². The van der Waals surface area contributed by atoms with E-state index in [1.165, 1.54) is 0 Å². The summed E-state index contributed by atoms with van der Waals surface area (Å²) in [4.78, 5) is 23.0. The number of aryl methyl sites for hydroxylation is 1. The average Bonchev–Trinajstić information content (AvgIpc) is 3.27. The number of carbonyl (C=O) groups excluding carboxylic acids is 1. The van der Waals surface area contributed by atoms with Crippen LogP contribution in [0.2, 0.25) is 0 Å². The Labute approximate surface area is 172 Å². The second-order valence-electron chi connectivity index (χ2n) is 7.35. The fraction of sp³-hybridized carbons (Fsp3) is 0.765. The summed E-state index contributed by atoms with van der Waals surface area (Å²) in [7, 11) is 5.45. The molecule has 1 saturated carbocycles. The first-order chi connectivity index (χ1) is 12.0. The van der Waals surface area contributed by atoms with Crippen LogP contribution in [0.4, 0.5) is 0 Å². The zero-order valence-electron chi connectivity index (χ0n) is 15.9. The molecule has 146 valence electrons. The van der Waals surface area contributed by atoms with Gasteiger partial charge in [0, 0.05) is 40.2 Å². The van der Waals surface area contributed by atoms with Gasteiger partial charge in [0.1, 0.15) is 12.2 Å². The number of halogens is 1. The SMILES string of the molecule is CN=C(NCC1(C(=O)N(C)C)CCCC1)NC1CCc2ncnn2C1.I. The van der Waals surface area contributed by atoms with Crippen molar-refractivity contribution in [2.45, 2.75) is 51.1 Å². The van der Waals surface area contributed by atoms with Crippen LogP contribution in [0, 0.1) is 5.41 Å². The zero-order chi connectivity index (χ0) is 17.9. The quantitative estimate of drug-likeness (QED) is 0.386. The van der Waals surface area contributed by atoms with Crippen LogP contribution >= 0.6 is 24.0 Å². The second kappa shape index (κ2) is 9.01. The predicted octanol–water partition coefficient (Wildman–Crippen LogP) is 1.02. The lowest BCUT2D eigenvalue weighted by atomic mass is 9.84. The van der Waals surface area contributed by atoms with Crippen molar-refractivity contribution >= 4 is 35.8 Å². The fourth-order valence-corrected chi connectivity index (χ4v) is 3.99. The van der Waals surface area contributed by atoms with Gasteiger partial charge >= 0.3 is 0 Å². The number of amides is 1. The van der Waals surface area contributed by atoms with E-state index in [0.717, 1.165) is 56.9 Å². The Kier molecular flexibility index (Phi) is 7.24. The summed E-state index contributed by atoms with van der Waals surface area (Å²) >= 11 is 0. The number of hydrogen-bond acceptors (Lipinski definition) is 4. The number of carbonyl (C=O) groups is 1. The number of aromatic nitrogens is 3. The largest absolute Gasteiger partial charge is 0.355 e. The molecule has 0 aromatic carbocycles. The minimum absolute atomic E-state index is 0. The standard InChI is InChI=1S/C17H29N7O.HI/c1-18-16(22-13-6-7-14-20-12-21-24(14)10-13)19-11-17(8-4-5-9-17)15(25)23(2)3;/h12-13H,4-11H2,1-3H3,(H2,18,19,22);1H.